The standard InChI is InChI=1S/C16H18N4O2/c17-10-12(16(22)20-8-4-1-5-9-20)11-19-14-7-3-2-6-13(14)15(18)21/h2-3,6-7,11,19H,1,4-5,8-9H2,(H2,18,21)/b12-11-. The van der Waals surface area contributed by atoms with E-state index >= 15 is 0 Å². The number of rotatable bonds is 4. The van der Waals surface area contributed by atoms with Crippen molar-refractivity contribution in [3.63, 3.8) is 0 Å². The van der Waals surface area contributed by atoms with Crippen LogP contribution < -0.4 is 11.1 Å². The zero-order valence-corrected chi connectivity index (χ0v) is 12.2. The van der Waals surface area contributed by atoms with E-state index in [-0.39, 0.29) is 11.5 Å². The van der Waals surface area contributed by atoms with Crippen LogP contribution in [0, 0.1) is 11.3 Å². The zero-order chi connectivity index (χ0) is 15.9. The first kappa shape index (κ1) is 15.6. The molecule has 0 aromatic heterocycles. The van der Waals surface area contributed by atoms with E-state index in [1.165, 1.54) is 6.20 Å². The number of carbonyl (C=O) groups excluding carboxylic acids is 2. The molecule has 0 unspecified atom stereocenters. The zero-order valence-electron chi connectivity index (χ0n) is 12.2. The number of hydrogen-bond donors (Lipinski definition) is 2. The number of nitrogens with two attached hydrogens (primary N) is 1. The van der Waals surface area contributed by atoms with Crippen LogP contribution in [0.25, 0.3) is 0 Å². The molecule has 1 aromatic carbocycles. The van der Waals surface area contributed by atoms with Gasteiger partial charge in [-0.25, -0.2) is 0 Å². The molecule has 1 aliphatic heterocycles. The predicted octanol–water partition coefficient (Wildman–Crippen LogP) is 1.62. The summed E-state index contributed by atoms with van der Waals surface area (Å²) in [5, 5.41) is 12.0. The predicted molar refractivity (Wildman–Crippen MR) is 82.7 cm³/mol. The Morgan fingerprint density at radius 1 is 1.23 bits per heavy atom. The maximum Gasteiger partial charge on any atom is 0.266 e. The van der Waals surface area contributed by atoms with Crippen LogP contribution in [-0.2, 0) is 4.79 Å². The van der Waals surface area contributed by atoms with Gasteiger partial charge in [-0.1, -0.05) is 12.1 Å². The number of amides is 2. The minimum atomic E-state index is -0.572. The Labute approximate surface area is 129 Å². The van der Waals surface area contributed by atoms with Gasteiger partial charge in [0.15, 0.2) is 0 Å². The van der Waals surface area contributed by atoms with Crippen molar-refractivity contribution in [1.29, 1.82) is 5.26 Å². The fourth-order valence-electron chi connectivity index (χ4n) is 2.38. The van der Waals surface area contributed by atoms with Gasteiger partial charge in [0.25, 0.3) is 11.8 Å². The number of likely N-dealkylation sites (tertiary alicyclic amines) is 1. The van der Waals surface area contributed by atoms with Crippen molar-refractivity contribution in [3.05, 3.63) is 41.6 Å². The molecular formula is C16H18N4O2. The van der Waals surface area contributed by atoms with Crippen LogP contribution in [0.15, 0.2) is 36.0 Å². The topological polar surface area (TPSA) is 99.2 Å². The molecule has 1 fully saturated rings. The molecule has 0 spiro atoms. The lowest BCUT2D eigenvalue weighted by molar-refractivity contribution is -0.127. The van der Waals surface area contributed by atoms with E-state index in [0.717, 1.165) is 19.3 Å². The maximum atomic E-state index is 12.3. The molecule has 114 valence electrons. The highest BCUT2D eigenvalue weighted by molar-refractivity contribution is 6.00. The second-order valence-corrected chi connectivity index (χ2v) is 5.08. The van der Waals surface area contributed by atoms with E-state index in [0.29, 0.717) is 24.3 Å². The summed E-state index contributed by atoms with van der Waals surface area (Å²) in [7, 11) is 0. The summed E-state index contributed by atoms with van der Waals surface area (Å²) in [6.07, 6.45) is 4.36. The van der Waals surface area contributed by atoms with E-state index in [1.807, 2.05) is 6.07 Å². The fraction of sp³-hybridized carbons (Fsp3) is 0.312. The largest absolute Gasteiger partial charge is 0.366 e. The Bertz CT molecular complexity index is 640. The molecule has 6 heteroatoms. The highest BCUT2D eigenvalue weighted by atomic mass is 16.2. The second-order valence-electron chi connectivity index (χ2n) is 5.08. The summed E-state index contributed by atoms with van der Waals surface area (Å²) in [5.41, 5.74) is 6.08. The molecular weight excluding hydrogens is 280 g/mol. The Kier molecular flexibility index (Phi) is 5.15. The lowest BCUT2D eigenvalue weighted by Gasteiger charge is -2.26. The summed E-state index contributed by atoms with van der Waals surface area (Å²) in [4.78, 5) is 25.3. The van der Waals surface area contributed by atoms with E-state index < -0.39 is 5.91 Å². The minimum Gasteiger partial charge on any atom is -0.366 e. The minimum absolute atomic E-state index is 0.0150. The smallest absolute Gasteiger partial charge is 0.266 e. The third-order valence-corrected chi connectivity index (χ3v) is 3.56. The maximum absolute atomic E-state index is 12.3. The number of nitriles is 1. The van der Waals surface area contributed by atoms with Gasteiger partial charge in [-0.05, 0) is 31.4 Å². The summed E-state index contributed by atoms with van der Waals surface area (Å²) in [6.45, 7) is 1.35. The number of anilines is 1. The van der Waals surface area contributed by atoms with Gasteiger partial charge < -0.3 is 16.0 Å². The number of piperidine rings is 1. The number of para-hydroxylation sites is 1. The fourth-order valence-corrected chi connectivity index (χ4v) is 2.38. The van der Waals surface area contributed by atoms with Gasteiger partial charge in [-0.15, -0.1) is 0 Å². The first-order valence-corrected chi connectivity index (χ1v) is 7.18. The Balaban J connectivity index is 2.15. The normalized spacial score (nSPS) is 15.0. The molecule has 2 amide bonds. The molecule has 22 heavy (non-hydrogen) atoms. The molecule has 3 N–H and O–H groups in total. The lowest BCUT2D eigenvalue weighted by Crippen LogP contribution is -2.36. The van der Waals surface area contributed by atoms with Gasteiger partial charge in [-0.2, -0.15) is 5.26 Å². The average molecular weight is 298 g/mol. The highest BCUT2D eigenvalue weighted by Crippen LogP contribution is 2.16. The third kappa shape index (κ3) is 3.64. The highest BCUT2D eigenvalue weighted by Gasteiger charge is 2.20. The van der Waals surface area contributed by atoms with E-state index in [9.17, 15) is 14.9 Å². The van der Waals surface area contributed by atoms with Crippen LogP contribution in [0.3, 0.4) is 0 Å². The molecule has 0 saturated carbocycles. The van der Waals surface area contributed by atoms with Crippen molar-refractivity contribution in [2.45, 2.75) is 19.3 Å². The Morgan fingerprint density at radius 2 is 1.91 bits per heavy atom. The van der Waals surface area contributed by atoms with E-state index in [4.69, 9.17) is 5.73 Å². The average Bonchev–Trinajstić information content (AvgIpc) is 2.56. The number of primary amides is 1. The van der Waals surface area contributed by atoms with Crippen molar-refractivity contribution in [2.75, 3.05) is 18.4 Å². The molecule has 1 heterocycles. The van der Waals surface area contributed by atoms with Gasteiger partial charge in [0.1, 0.15) is 11.6 Å². The van der Waals surface area contributed by atoms with Gasteiger partial charge in [0, 0.05) is 19.3 Å². The van der Waals surface area contributed by atoms with Crippen molar-refractivity contribution < 1.29 is 9.59 Å². The molecule has 1 saturated heterocycles. The molecule has 0 radical (unpaired) electrons. The van der Waals surface area contributed by atoms with Gasteiger partial charge in [0.05, 0.1) is 11.3 Å². The van der Waals surface area contributed by atoms with Crippen LogP contribution in [-0.4, -0.2) is 29.8 Å². The number of nitrogens with one attached hydrogen (secondary N) is 1. The van der Waals surface area contributed by atoms with Crippen molar-refractivity contribution >= 4 is 17.5 Å². The summed E-state index contributed by atoms with van der Waals surface area (Å²) in [5.74, 6) is -0.858. The molecule has 0 atom stereocenters. The first-order chi connectivity index (χ1) is 10.6. The van der Waals surface area contributed by atoms with Gasteiger partial charge >= 0.3 is 0 Å². The number of hydrogen-bond acceptors (Lipinski definition) is 4. The quantitative estimate of drug-likeness (QED) is 0.651. The van der Waals surface area contributed by atoms with Crippen molar-refractivity contribution in [2.24, 2.45) is 5.73 Å². The van der Waals surface area contributed by atoms with Crippen LogP contribution in [0.4, 0.5) is 5.69 Å². The van der Waals surface area contributed by atoms with Gasteiger partial charge in [-0.3, -0.25) is 9.59 Å². The van der Waals surface area contributed by atoms with E-state index in [1.54, 1.807) is 29.2 Å². The second kappa shape index (κ2) is 7.27. The molecule has 2 rings (SSSR count). The van der Waals surface area contributed by atoms with Crippen molar-refractivity contribution in [3.8, 4) is 6.07 Å². The number of benzene rings is 1. The van der Waals surface area contributed by atoms with Crippen LogP contribution in [0.2, 0.25) is 0 Å². The summed E-state index contributed by atoms with van der Waals surface area (Å²) >= 11 is 0. The Morgan fingerprint density at radius 3 is 2.55 bits per heavy atom. The molecule has 0 aliphatic carbocycles. The van der Waals surface area contributed by atoms with Crippen LogP contribution >= 0.6 is 0 Å². The molecule has 1 aromatic rings. The van der Waals surface area contributed by atoms with Crippen LogP contribution in [0.1, 0.15) is 29.6 Å². The lowest BCUT2D eigenvalue weighted by atomic mass is 10.1. The van der Waals surface area contributed by atoms with E-state index in [2.05, 4.69) is 5.32 Å². The van der Waals surface area contributed by atoms with Crippen LogP contribution in [0.5, 0.6) is 0 Å². The SMILES string of the molecule is N#C/C(=C/Nc1ccccc1C(N)=O)C(=O)N1CCCCC1. The molecule has 0 bridgehead atoms. The number of carbonyl (C=O) groups is 2. The van der Waals surface area contributed by atoms with Gasteiger partial charge in [0.2, 0.25) is 0 Å². The number of nitrogens with zero attached hydrogens (tertiary/aromatic N) is 2. The summed E-state index contributed by atoms with van der Waals surface area (Å²) in [6, 6.07) is 8.58. The molecule has 1 aliphatic rings. The monoisotopic (exact) mass is 298 g/mol. The van der Waals surface area contributed by atoms with Crippen molar-refractivity contribution in [1.82, 2.24) is 4.90 Å². The Hall–Kier alpha value is -2.81. The first-order valence-electron chi connectivity index (χ1n) is 7.18. The summed E-state index contributed by atoms with van der Waals surface area (Å²) < 4.78 is 0. The third-order valence-electron chi connectivity index (χ3n) is 3.56. The molecule has 6 nitrogen and oxygen atoms in total.